The van der Waals surface area contributed by atoms with Crippen molar-refractivity contribution in [2.75, 3.05) is 0 Å². The molecular weight excluding hydrogens is 875 g/mol. The van der Waals surface area contributed by atoms with Crippen molar-refractivity contribution in [1.82, 2.24) is 24.1 Å². The standard InChI is InChI=1S/C63H37N5OS/c1-3-16-38(17-4-1)43-25-14-26-47-46-33-32-40(35-56(46)69-60(43)47)62-64-61(65-63(66-62)49-27-15-31-58-59(49)48-24-9-12-30-57(48)70-58)39-18-13-21-42(34-39)68-53-29-11-8-23-45(53)51-36-50-44-22-7-10-28-52(44)67(54(50)37-55(51)68)41-19-5-2-6-20-41/h1-37H. The molecule has 0 unspecified atom stereocenters. The Hall–Kier alpha value is -9.17. The van der Waals surface area contributed by atoms with Gasteiger partial charge in [0.2, 0.25) is 0 Å². The van der Waals surface area contributed by atoms with Crippen molar-refractivity contribution in [2.45, 2.75) is 0 Å². The van der Waals surface area contributed by atoms with Crippen molar-refractivity contribution >= 4 is 97.1 Å². The second-order valence-corrected chi connectivity index (χ2v) is 19.0. The van der Waals surface area contributed by atoms with E-state index >= 15 is 0 Å². The number of hydrogen-bond acceptors (Lipinski definition) is 5. The van der Waals surface area contributed by atoms with E-state index in [1.165, 1.54) is 41.8 Å². The highest BCUT2D eigenvalue weighted by molar-refractivity contribution is 7.25. The number of rotatable bonds is 6. The summed E-state index contributed by atoms with van der Waals surface area (Å²) in [6.07, 6.45) is 0. The maximum absolute atomic E-state index is 6.75. The SMILES string of the molecule is c1ccc(-c2cccc3c2oc2cc(-c4nc(-c5cccc(-n6c7ccccc7c7cc8c9ccccc9n(-c9ccccc9)c8cc76)c5)nc(-c5cccc6sc7ccccc7c56)n4)ccc23)cc1. The highest BCUT2D eigenvalue weighted by atomic mass is 32.1. The fourth-order valence-electron chi connectivity index (χ4n) is 10.8. The number of para-hydroxylation sites is 4. The number of hydrogen-bond donors (Lipinski definition) is 0. The van der Waals surface area contributed by atoms with Crippen LogP contribution in [-0.4, -0.2) is 24.1 Å². The third kappa shape index (κ3) is 5.89. The Morgan fingerprint density at radius 2 is 0.886 bits per heavy atom. The number of benzene rings is 10. The van der Waals surface area contributed by atoms with Gasteiger partial charge in [0.05, 0.1) is 22.1 Å². The quantitative estimate of drug-likeness (QED) is 0.167. The molecule has 0 spiro atoms. The molecule has 5 aromatic heterocycles. The second-order valence-electron chi connectivity index (χ2n) is 17.9. The van der Waals surface area contributed by atoms with Crippen molar-refractivity contribution in [1.29, 1.82) is 0 Å². The van der Waals surface area contributed by atoms with Crippen molar-refractivity contribution in [3.05, 3.63) is 224 Å². The van der Waals surface area contributed by atoms with Gasteiger partial charge in [0, 0.05) is 86.1 Å². The van der Waals surface area contributed by atoms with Gasteiger partial charge in [-0.15, -0.1) is 11.3 Å². The summed E-state index contributed by atoms with van der Waals surface area (Å²) in [4.78, 5) is 16.1. The molecule has 0 aliphatic rings. The molecule has 0 saturated heterocycles. The predicted octanol–water partition coefficient (Wildman–Crippen LogP) is 17.0. The summed E-state index contributed by atoms with van der Waals surface area (Å²) in [6.45, 7) is 0. The van der Waals surface area contributed by atoms with Gasteiger partial charge in [-0.1, -0.05) is 152 Å². The summed E-state index contributed by atoms with van der Waals surface area (Å²) in [6, 6.07) is 79.6. The van der Waals surface area contributed by atoms with E-state index in [1.54, 1.807) is 11.3 Å². The first-order valence-corrected chi connectivity index (χ1v) is 24.3. The fourth-order valence-corrected chi connectivity index (χ4v) is 12.0. The van der Waals surface area contributed by atoms with Crippen LogP contribution < -0.4 is 0 Å². The van der Waals surface area contributed by atoms with Crippen LogP contribution in [0.25, 0.3) is 142 Å². The zero-order chi connectivity index (χ0) is 45.9. The number of furan rings is 1. The second kappa shape index (κ2) is 15.2. The summed E-state index contributed by atoms with van der Waals surface area (Å²) >= 11 is 1.79. The lowest BCUT2D eigenvalue weighted by Gasteiger charge is -2.12. The topological polar surface area (TPSA) is 61.7 Å². The molecule has 15 rings (SSSR count). The summed E-state index contributed by atoms with van der Waals surface area (Å²) in [5.74, 6) is 1.77. The number of nitrogens with zero attached hydrogens (tertiary/aromatic N) is 5. The normalized spacial score (nSPS) is 12.0. The Kier molecular flexibility index (Phi) is 8.43. The molecule has 0 atom stereocenters. The van der Waals surface area contributed by atoms with E-state index in [0.29, 0.717) is 17.5 Å². The Bertz CT molecular complexity index is 4600. The molecule has 10 aromatic carbocycles. The third-order valence-electron chi connectivity index (χ3n) is 14.0. The molecular formula is C63H37N5OS. The summed E-state index contributed by atoms with van der Waals surface area (Å²) in [5.41, 5.74) is 13.2. The van der Waals surface area contributed by atoms with Crippen LogP contribution >= 0.6 is 11.3 Å². The van der Waals surface area contributed by atoms with Gasteiger partial charge in [0.25, 0.3) is 0 Å². The highest BCUT2D eigenvalue weighted by Gasteiger charge is 2.22. The molecule has 70 heavy (non-hydrogen) atoms. The maximum Gasteiger partial charge on any atom is 0.164 e. The zero-order valence-corrected chi connectivity index (χ0v) is 38.2. The Labute approximate surface area is 404 Å². The Morgan fingerprint density at radius 3 is 1.66 bits per heavy atom. The van der Waals surface area contributed by atoms with E-state index in [4.69, 9.17) is 19.4 Å². The number of aromatic nitrogens is 5. The first-order chi connectivity index (χ1) is 34.7. The largest absolute Gasteiger partial charge is 0.455 e. The van der Waals surface area contributed by atoms with Crippen LogP contribution in [0.1, 0.15) is 0 Å². The van der Waals surface area contributed by atoms with E-state index in [1.807, 2.05) is 6.07 Å². The molecule has 0 aliphatic carbocycles. The van der Waals surface area contributed by atoms with Crippen molar-refractivity contribution in [2.24, 2.45) is 0 Å². The van der Waals surface area contributed by atoms with E-state index in [2.05, 4.69) is 228 Å². The first kappa shape index (κ1) is 38.9. The van der Waals surface area contributed by atoms with Crippen LogP contribution in [0.2, 0.25) is 0 Å². The summed E-state index contributed by atoms with van der Waals surface area (Å²) < 4.78 is 13.9. The lowest BCUT2D eigenvalue weighted by molar-refractivity contribution is 0.670. The maximum atomic E-state index is 6.75. The van der Waals surface area contributed by atoms with E-state index in [9.17, 15) is 0 Å². The van der Waals surface area contributed by atoms with E-state index < -0.39 is 0 Å². The van der Waals surface area contributed by atoms with Crippen LogP contribution in [0, 0.1) is 0 Å². The lowest BCUT2D eigenvalue weighted by atomic mass is 10.0. The Balaban J connectivity index is 0.947. The highest BCUT2D eigenvalue weighted by Crippen LogP contribution is 2.43. The smallest absolute Gasteiger partial charge is 0.164 e. The van der Waals surface area contributed by atoms with Gasteiger partial charge in [0.15, 0.2) is 17.5 Å². The molecule has 6 nitrogen and oxygen atoms in total. The summed E-state index contributed by atoms with van der Waals surface area (Å²) in [7, 11) is 0. The predicted molar refractivity (Wildman–Crippen MR) is 290 cm³/mol. The molecule has 0 aliphatic heterocycles. The van der Waals surface area contributed by atoms with Gasteiger partial charge < -0.3 is 13.6 Å². The minimum Gasteiger partial charge on any atom is -0.455 e. The molecule has 0 amide bonds. The van der Waals surface area contributed by atoms with Gasteiger partial charge >= 0.3 is 0 Å². The molecule has 5 heterocycles. The molecule has 0 saturated carbocycles. The average Bonchev–Trinajstić information content (AvgIpc) is 4.18. The molecule has 326 valence electrons. The van der Waals surface area contributed by atoms with Gasteiger partial charge in [-0.3, -0.25) is 0 Å². The van der Waals surface area contributed by atoms with Crippen molar-refractivity contribution in [3.8, 4) is 56.7 Å². The van der Waals surface area contributed by atoms with Crippen molar-refractivity contribution in [3.63, 3.8) is 0 Å². The monoisotopic (exact) mass is 911 g/mol. The van der Waals surface area contributed by atoms with E-state index in [-0.39, 0.29) is 0 Å². The molecule has 0 N–H and O–H groups in total. The molecule has 0 radical (unpaired) electrons. The third-order valence-corrected chi connectivity index (χ3v) is 15.1. The fraction of sp³-hybridized carbons (Fsp3) is 0. The molecule has 15 aromatic rings. The minimum absolute atomic E-state index is 0.570. The van der Waals surface area contributed by atoms with Crippen LogP contribution in [-0.2, 0) is 0 Å². The van der Waals surface area contributed by atoms with E-state index in [0.717, 1.165) is 83.1 Å². The van der Waals surface area contributed by atoms with Gasteiger partial charge in [-0.05, 0) is 78.4 Å². The zero-order valence-electron chi connectivity index (χ0n) is 37.4. The summed E-state index contributed by atoms with van der Waals surface area (Å²) in [5, 5.41) is 9.28. The minimum atomic E-state index is 0.570. The first-order valence-electron chi connectivity index (χ1n) is 23.5. The molecule has 0 fully saturated rings. The van der Waals surface area contributed by atoms with Crippen LogP contribution in [0.5, 0.6) is 0 Å². The molecule has 7 heteroatoms. The number of fused-ring (bicyclic) bond motifs is 12. The van der Waals surface area contributed by atoms with Crippen LogP contribution in [0.3, 0.4) is 0 Å². The Morgan fingerprint density at radius 1 is 0.329 bits per heavy atom. The van der Waals surface area contributed by atoms with Crippen molar-refractivity contribution < 1.29 is 4.42 Å². The van der Waals surface area contributed by atoms with Crippen LogP contribution in [0.15, 0.2) is 229 Å². The van der Waals surface area contributed by atoms with Gasteiger partial charge in [-0.25, -0.2) is 15.0 Å². The molecule has 0 bridgehead atoms. The van der Waals surface area contributed by atoms with Gasteiger partial charge in [0.1, 0.15) is 11.2 Å². The van der Waals surface area contributed by atoms with Gasteiger partial charge in [-0.2, -0.15) is 0 Å². The van der Waals surface area contributed by atoms with Crippen LogP contribution in [0.4, 0.5) is 0 Å². The number of thiophene rings is 1. The average molecular weight is 912 g/mol. The lowest BCUT2D eigenvalue weighted by Crippen LogP contribution is -2.01.